The summed E-state index contributed by atoms with van der Waals surface area (Å²) in [6.45, 7) is 5.50. The minimum absolute atomic E-state index is 0.0561. The molecule has 0 bridgehead atoms. The molecule has 0 saturated carbocycles. The zero-order chi connectivity index (χ0) is 13.3. The molecule has 94 valence electrons. The Morgan fingerprint density at radius 3 is 2.39 bits per heavy atom. The van der Waals surface area contributed by atoms with Crippen molar-refractivity contribution >= 4 is 23.1 Å². The van der Waals surface area contributed by atoms with E-state index in [0.29, 0.717) is 5.11 Å². The van der Waals surface area contributed by atoms with E-state index in [1.54, 1.807) is 6.92 Å². The molecule has 0 fully saturated rings. The smallest absolute Gasteiger partial charge is 0.171 e. The molecule has 1 atom stereocenters. The highest BCUT2D eigenvalue weighted by Crippen LogP contribution is 2.27. The van der Waals surface area contributed by atoms with Gasteiger partial charge in [0.05, 0.1) is 6.04 Å². The quantitative estimate of drug-likeness (QED) is 0.801. The molecule has 2 N–H and O–H groups in total. The third-order valence-electron chi connectivity index (χ3n) is 3.06. The number of carbonyl (C=O) groups excluding carboxylic acids is 1. The molecule has 3 nitrogen and oxygen atoms in total. The van der Waals surface area contributed by atoms with E-state index in [4.69, 9.17) is 12.2 Å². The van der Waals surface area contributed by atoms with E-state index in [1.807, 2.05) is 38.1 Å². The first-order valence-electron chi connectivity index (χ1n) is 5.85. The van der Waals surface area contributed by atoms with Gasteiger partial charge in [-0.1, -0.05) is 29.8 Å². The molecule has 0 radical (unpaired) electrons. The molecule has 1 aromatic carbocycles. The first-order chi connectivity index (χ1) is 8.49. The molecule has 2 rings (SSSR count). The zero-order valence-corrected chi connectivity index (χ0v) is 11.5. The Labute approximate surface area is 112 Å². The maximum Gasteiger partial charge on any atom is 0.171 e. The summed E-state index contributed by atoms with van der Waals surface area (Å²) >= 11 is 5.16. The Balaban J connectivity index is 2.46. The van der Waals surface area contributed by atoms with Crippen molar-refractivity contribution in [3.63, 3.8) is 0 Å². The Morgan fingerprint density at radius 2 is 1.83 bits per heavy atom. The van der Waals surface area contributed by atoms with E-state index in [2.05, 4.69) is 10.6 Å². The maximum atomic E-state index is 11.8. The third-order valence-corrected chi connectivity index (χ3v) is 3.28. The lowest BCUT2D eigenvalue weighted by Gasteiger charge is -2.29. The fourth-order valence-electron chi connectivity index (χ4n) is 2.17. The molecule has 0 aromatic heterocycles. The monoisotopic (exact) mass is 260 g/mol. The first kappa shape index (κ1) is 12.8. The van der Waals surface area contributed by atoms with Crippen LogP contribution in [0.4, 0.5) is 0 Å². The summed E-state index contributed by atoms with van der Waals surface area (Å²) in [6, 6.07) is 7.97. The first-order valence-corrected chi connectivity index (χ1v) is 6.25. The minimum Gasteiger partial charge on any atom is -0.351 e. The molecule has 18 heavy (non-hydrogen) atoms. The van der Waals surface area contributed by atoms with Gasteiger partial charge in [-0.3, -0.25) is 4.79 Å². The van der Waals surface area contributed by atoms with Gasteiger partial charge >= 0.3 is 0 Å². The highest BCUT2D eigenvalue weighted by atomic mass is 32.1. The van der Waals surface area contributed by atoms with Crippen LogP contribution in [0.15, 0.2) is 35.5 Å². The van der Waals surface area contributed by atoms with Crippen molar-refractivity contribution in [3.8, 4) is 0 Å². The molecular weight excluding hydrogens is 244 g/mol. The summed E-state index contributed by atoms with van der Waals surface area (Å²) in [5.41, 5.74) is 3.82. The number of aryl methyl sites for hydroxylation is 1. The largest absolute Gasteiger partial charge is 0.351 e. The fraction of sp³-hybridized carbons (Fsp3) is 0.286. The summed E-state index contributed by atoms with van der Waals surface area (Å²) in [5, 5.41) is 6.71. The number of benzene rings is 1. The van der Waals surface area contributed by atoms with Crippen molar-refractivity contribution in [3.05, 3.63) is 46.7 Å². The van der Waals surface area contributed by atoms with Crippen molar-refractivity contribution in [1.82, 2.24) is 10.6 Å². The molecule has 4 heteroatoms. The van der Waals surface area contributed by atoms with Gasteiger partial charge in [-0.2, -0.15) is 0 Å². The van der Waals surface area contributed by atoms with Crippen LogP contribution < -0.4 is 10.6 Å². The van der Waals surface area contributed by atoms with Gasteiger partial charge < -0.3 is 10.6 Å². The van der Waals surface area contributed by atoms with Crippen LogP contribution >= 0.6 is 12.2 Å². The number of hydrogen-bond donors (Lipinski definition) is 2. The van der Waals surface area contributed by atoms with Crippen molar-refractivity contribution in [2.45, 2.75) is 26.8 Å². The normalized spacial score (nSPS) is 19.3. The van der Waals surface area contributed by atoms with E-state index in [-0.39, 0.29) is 11.8 Å². The zero-order valence-electron chi connectivity index (χ0n) is 10.7. The second-order valence-electron chi connectivity index (χ2n) is 4.54. The van der Waals surface area contributed by atoms with E-state index in [9.17, 15) is 4.79 Å². The second-order valence-corrected chi connectivity index (χ2v) is 4.95. The average molecular weight is 260 g/mol. The Morgan fingerprint density at radius 1 is 1.22 bits per heavy atom. The average Bonchev–Trinajstić information content (AvgIpc) is 2.28. The number of rotatable bonds is 2. The van der Waals surface area contributed by atoms with E-state index >= 15 is 0 Å². The topological polar surface area (TPSA) is 41.1 Å². The Bertz CT molecular complexity index is 531. The van der Waals surface area contributed by atoms with Gasteiger partial charge in [0.15, 0.2) is 10.9 Å². The van der Waals surface area contributed by atoms with Crippen LogP contribution in [0.25, 0.3) is 0 Å². The van der Waals surface area contributed by atoms with E-state index < -0.39 is 0 Å². The maximum absolute atomic E-state index is 11.8. The number of carbonyl (C=O) groups is 1. The molecule has 1 aliphatic rings. The van der Waals surface area contributed by atoms with Crippen molar-refractivity contribution in [2.24, 2.45) is 0 Å². The Hall–Kier alpha value is -1.68. The summed E-state index contributed by atoms with van der Waals surface area (Å²) in [4.78, 5) is 11.8. The second kappa shape index (κ2) is 4.90. The Kier molecular flexibility index (Phi) is 3.48. The van der Waals surface area contributed by atoms with Gasteiger partial charge in [-0.25, -0.2) is 0 Å². The lowest BCUT2D eigenvalue weighted by molar-refractivity contribution is -0.114. The molecule has 0 aliphatic carbocycles. The molecule has 1 aromatic rings. The van der Waals surface area contributed by atoms with Crippen molar-refractivity contribution in [2.75, 3.05) is 0 Å². The van der Waals surface area contributed by atoms with Crippen LogP contribution in [0.3, 0.4) is 0 Å². The third kappa shape index (κ3) is 2.43. The van der Waals surface area contributed by atoms with Gasteiger partial charge in [0, 0.05) is 11.3 Å². The number of Topliss-reactive ketones (excluding diaryl/α,β-unsaturated/α-hetero) is 1. The van der Waals surface area contributed by atoms with Gasteiger partial charge in [0.2, 0.25) is 0 Å². The molecule has 0 spiro atoms. The minimum atomic E-state index is -0.156. The van der Waals surface area contributed by atoms with Crippen molar-refractivity contribution in [1.29, 1.82) is 0 Å². The standard InChI is InChI=1S/C14H16N2OS/c1-8-4-6-11(7-5-8)13-12(10(3)17)9(2)15-14(18)16-13/h4-7,13H,1-3H3,(H2,15,16,18)/t13-/m1/s1. The van der Waals surface area contributed by atoms with E-state index in [1.165, 1.54) is 5.56 Å². The number of ketones is 1. The lowest BCUT2D eigenvalue weighted by atomic mass is 9.93. The number of allylic oxidation sites excluding steroid dienone is 1. The molecule has 0 amide bonds. The summed E-state index contributed by atoms with van der Waals surface area (Å²) < 4.78 is 0. The van der Waals surface area contributed by atoms with Gasteiger partial charge in [-0.05, 0) is 38.6 Å². The van der Waals surface area contributed by atoms with Crippen LogP contribution in [-0.4, -0.2) is 10.9 Å². The predicted octanol–water partition coefficient (Wildman–Crippen LogP) is 2.38. The fourth-order valence-corrected chi connectivity index (χ4v) is 2.44. The summed E-state index contributed by atoms with van der Waals surface area (Å²) in [7, 11) is 0. The number of nitrogens with one attached hydrogen (secondary N) is 2. The number of hydrogen-bond acceptors (Lipinski definition) is 2. The van der Waals surface area contributed by atoms with E-state index in [0.717, 1.165) is 16.8 Å². The summed E-state index contributed by atoms with van der Waals surface area (Å²) in [6.07, 6.45) is 0. The highest BCUT2D eigenvalue weighted by molar-refractivity contribution is 7.80. The molecule has 0 saturated heterocycles. The number of thiocarbonyl (C=S) groups is 1. The van der Waals surface area contributed by atoms with Crippen molar-refractivity contribution < 1.29 is 4.79 Å². The van der Waals surface area contributed by atoms with Gasteiger partial charge in [-0.15, -0.1) is 0 Å². The highest BCUT2D eigenvalue weighted by Gasteiger charge is 2.27. The molecule has 0 unspecified atom stereocenters. The van der Waals surface area contributed by atoms with Crippen LogP contribution in [0.5, 0.6) is 0 Å². The molecule has 1 aliphatic heterocycles. The van der Waals surface area contributed by atoms with Crippen LogP contribution in [-0.2, 0) is 4.79 Å². The van der Waals surface area contributed by atoms with Crippen LogP contribution in [0.1, 0.15) is 31.0 Å². The van der Waals surface area contributed by atoms with Crippen LogP contribution in [0, 0.1) is 6.92 Å². The lowest BCUT2D eigenvalue weighted by Crippen LogP contribution is -2.44. The SMILES string of the molecule is CC(=O)C1=C(C)NC(=S)N[C@@H]1c1ccc(C)cc1. The van der Waals surface area contributed by atoms with Gasteiger partial charge in [0.1, 0.15) is 0 Å². The van der Waals surface area contributed by atoms with Gasteiger partial charge in [0.25, 0.3) is 0 Å². The van der Waals surface area contributed by atoms with Crippen LogP contribution in [0.2, 0.25) is 0 Å². The summed E-state index contributed by atoms with van der Waals surface area (Å²) in [5.74, 6) is 0.0561. The molecular formula is C14H16N2OS. The molecule has 1 heterocycles. The predicted molar refractivity (Wildman–Crippen MR) is 76.2 cm³/mol.